The molecular formula is C12H9N3O5S. The summed E-state index contributed by atoms with van der Waals surface area (Å²) in [4.78, 5) is 14.1. The van der Waals surface area contributed by atoms with E-state index >= 15 is 0 Å². The van der Waals surface area contributed by atoms with Gasteiger partial charge in [-0.2, -0.15) is 5.26 Å². The Morgan fingerprint density at radius 1 is 1.43 bits per heavy atom. The first-order valence-corrected chi connectivity index (χ1v) is 7.09. The maximum absolute atomic E-state index is 12.1. The number of nitrogens with zero attached hydrogens (tertiary/aromatic N) is 2. The number of carbonyl (C=O) groups is 1. The van der Waals surface area contributed by atoms with Gasteiger partial charge in [-0.1, -0.05) is 0 Å². The molecule has 8 nitrogen and oxygen atoms in total. The van der Waals surface area contributed by atoms with Crippen molar-refractivity contribution >= 4 is 16.0 Å². The number of aromatic nitrogens is 1. The maximum Gasteiger partial charge on any atom is 0.371 e. The van der Waals surface area contributed by atoms with Gasteiger partial charge in [0.15, 0.2) is 5.69 Å². The van der Waals surface area contributed by atoms with Gasteiger partial charge >= 0.3 is 5.97 Å². The van der Waals surface area contributed by atoms with Gasteiger partial charge in [0, 0.05) is 6.20 Å². The van der Waals surface area contributed by atoms with Gasteiger partial charge in [-0.25, -0.2) is 22.9 Å². The highest BCUT2D eigenvalue weighted by atomic mass is 32.2. The minimum atomic E-state index is -3.95. The molecule has 2 heterocycles. The summed E-state index contributed by atoms with van der Waals surface area (Å²) < 4.78 is 31.3. The molecule has 108 valence electrons. The summed E-state index contributed by atoms with van der Waals surface area (Å²) in [6.45, 7) is -0.241. The van der Waals surface area contributed by atoms with Gasteiger partial charge in [0.1, 0.15) is 16.7 Å². The van der Waals surface area contributed by atoms with Gasteiger partial charge < -0.3 is 9.52 Å². The molecule has 0 bridgehead atoms. The highest BCUT2D eigenvalue weighted by molar-refractivity contribution is 7.89. The molecule has 0 fully saturated rings. The molecule has 0 atom stereocenters. The normalized spacial score (nSPS) is 11.0. The van der Waals surface area contributed by atoms with Crippen LogP contribution in [0.25, 0.3) is 0 Å². The number of nitrogens with one attached hydrogen (secondary N) is 1. The lowest BCUT2D eigenvalue weighted by molar-refractivity contribution is 0.0660. The average Bonchev–Trinajstić information content (AvgIpc) is 2.94. The molecule has 2 rings (SSSR count). The lowest BCUT2D eigenvalue weighted by Crippen LogP contribution is -2.24. The summed E-state index contributed by atoms with van der Waals surface area (Å²) in [6.07, 6.45) is 1.31. The molecule has 0 amide bonds. The van der Waals surface area contributed by atoms with Crippen molar-refractivity contribution in [2.24, 2.45) is 0 Å². The van der Waals surface area contributed by atoms with Crippen LogP contribution < -0.4 is 4.72 Å². The van der Waals surface area contributed by atoms with E-state index in [1.807, 2.05) is 0 Å². The van der Waals surface area contributed by atoms with Crippen molar-refractivity contribution in [2.45, 2.75) is 11.4 Å². The zero-order valence-electron chi connectivity index (χ0n) is 10.5. The van der Waals surface area contributed by atoms with Crippen molar-refractivity contribution in [3.8, 4) is 6.07 Å². The van der Waals surface area contributed by atoms with E-state index in [0.29, 0.717) is 0 Å². The molecular weight excluding hydrogens is 298 g/mol. The van der Waals surface area contributed by atoms with Crippen LogP contribution in [0.4, 0.5) is 0 Å². The number of carboxylic acids is 1. The van der Waals surface area contributed by atoms with E-state index in [9.17, 15) is 13.2 Å². The van der Waals surface area contributed by atoms with Crippen LogP contribution in [0.1, 0.15) is 22.0 Å². The first-order valence-electron chi connectivity index (χ1n) is 5.61. The molecule has 0 aliphatic carbocycles. The minimum Gasteiger partial charge on any atom is -0.475 e. The van der Waals surface area contributed by atoms with Crippen LogP contribution in [0.2, 0.25) is 0 Å². The summed E-state index contributed by atoms with van der Waals surface area (Å²) in [7, 11) is -3.95. The molecule has 0 saturated heterocycles. The van der Waals surface area contributed by atoms with Crippen molar-refractivity contribution < 1.29 is 22.7 Å². The van der Waals surface area contributed by atoms with Gasteiger partial charge in [0.25, 0.3) is 0 Å². The molecule has 2 N–H and O–H groups in total. The van der Waals surface area contributed by atoms with E-state index in [2.05, 4.69) is 9.71 Å². The van der Waals surface area contributed by atoms with Crippen LogP contribution >= 0.6 is 0 Å². The Morgan fingerprint density at radius 3 is 2.81 bits per heavy atom. The van der Waals surface area contributed by atoms with E-state index in [0.717, 1.165) is 0 Å². The van der Waals surface area contributed by atoms with Crippen molar-refractivity contribution in [1.82, 2.24) is 9.71 Å². The average molecular weight is 307 g/mol. The molecule has 2 aromatic heterocycles. The van der Waals surface area contributed by atoms with Crippen molar-refractivity contribution in [1.29, 1.82) is 5.26 Å². The smallest absolute Gasteiger partial charge is 0.371 e. The predicted octanol–water partition coefficient (Wildman–Crippen LogP) is 0.723. The first kappa shape index (κ1) is 14.7. The molecule has 0 aliphatic heterocycles. The standard InChI is InChI=1S/C12H9N3O5S/c13-6-9-11(2-1-5-14-9)21(18,19)15-7-8-3-4-10(20-8)12(16)17/h1-5,15H,7H2,(H,16,17). The maximum atomic E-state index is 12.1. The number of hydrogen-bond acceptors (Lipinski definition) is 6. The van der Waals surface area contributed by atoms with E-state index < -0.39 is 16.0 Å². The van der Waals surface area contributed by atoms with Crippen molar-refractivity contribution in [3.63, 3.8) is 0 Å². The van der Waals surface area contributed by atoms with Crippen LogP contribution in [-0.2, 0) is 16.6 Å². The second-order valence-electron chi connectivity index (χ2n) is 3.86. The second kappa shape index (κ2) is 5.74. The van der Waals surface area contributed by atoms with Crippen molar-refractivity contribution in [2.75, 3.05) is 0 Å². The SMILES string of the molecule is N#Cc1ncccc1S(=O)(=O)NCc1ccc(C(=O)O)o1. The zero-order valence-corrected chi connectivity index (χ0v) is 11.3. The van der Waals surface area contributed by atoms with E-state index in [4.69, 9.17) is 14.8 Å². The number of sulfonamides is 1. The highest BCUT2D eigenvalue weighted by Gasteiger charge is 2.20. The lowest BCUT2D eigenvalue weighted by Gasteiger charge is -2.05. The number of hydrogen-bond donors (Lipinski definition) is 2. The Bertz CT molecular complexity index is 819. The van der Waals surface area contributed by atoms with Gasteiger partial charge in [-0.3, -0.25) is 0 Å². The number of pyridine rings is 1. The van der Waals surface area contributed by atoms with Crippen LogP contribution in [0, 0.1) is 11.3 Å². The molecule has 0 saturated carbocycles. The molecule has 0 unspecified atom stereocenters. The van der Waals surface area contributed by atoms with Crippen LogP contribution in [0.3, 0.4) is 0 Å². The van der Waals surface area contributed by atoms with E-state index in [1.165, 1.54) is 30.5 Å². The predicted molar refractivity (Wildman–Crippen MR) is 68.6 cm³/mol. The Morgan fingerprint density at radius 2 is 2.19 bits per heavy atom. The van der Waals surface area contributed by atoms with Gasteiger partial charge in [0.05, 0.1) is 6.54 Å². The quantitative estimate of drug-likeness (QED) is 0.831. The Hall–Kier alpha value is -2.70. The minimum absolute atomic E-state index is 0.137. The molecule has 21 heavy (non-hydrogen) atoms. The second-order valence-corrected chi connectivity index (χ2v) is 5.59. The molecule has 2 aromatic rings. The van der Waals surface area contributed by atoms with Crippen molar-refractivity contribution in [3.05, 3.63) is 47.7 Å². The molecule has 0 radical (unpaired) electrons. The van der Waals surface area contributed by atoms with Crippen LogP contribution in [0.5, 0.6) is 0 Å². The highest BCUT2D eigenvalue weighted by Crippen LogP contribution is 2.13. The fourth-order valence-electron chi connectivity index (χ4n) is 1.52. The number of furan rings is 1. The van der Waals surface area contributed by atoms with E-state index in [1.54, 1.807) is 6.07 Å². The molecule has 0 aromatic carbocycles. The van der Waals surface area contributed by atoms with Crippen LogP contribution in [-0.4, -0.2) is 24.5 Å². The summed E-state index contributed by atoms with van der Waals surface area (Å²) in [5.41, 5.74) is -0.226. The molecule has 0 spiro atoms. The zero-order chi connectivity index (χ0) is 15.5. The number of nitriles is 1. The topological polar surface area (TPSA) is 133 Å². The Labute approximate surface area is 119 Å². The summed E-state index contributed by atoms with van der Waals surface area (Å²) >= 11 is 0. The summed E-state index contributed by atoms with van der Waals surface area (Å²) in [5.74, 6) is -1.40. The van der Waals surface area contributed by atoms with E-state index in [-0.39, 0.29) is 28.7 Å². The summed E-state index contributed by atoms with van der Waals surface area (Å²) in [5, 5.41) is 17.5. The van der Waals surface area contributed by atoms with Gasteiger partial charge in [0.2, 0.25) is 15.8 Å². The third kappa shape index (κ3) is 3.25. The number of aromatic carboxylic acids is 1. The third-order valence-corrected chi connectivity index (χ3v) is 3.91. The van der Waals surface area contributed by atoms with Gasteiger partial charge in [-0.05, 0) is 24.3 Å². The molecule has 9 heteroatoms. The number of rotatable bonds is 5. The largest absolute Gasteiger partial charge is 0.475 e. The lowest BCUT2D eigenvalue weighted by atomic mass is 10.4. The fraction of sp³-hybridized carbons (Fsp3) is 0.0833. The number of carboxylic acid groups (broad SMARTS) is 1. The third-order valence-electron chi connectivity index (χ3n) is 2.47. The first-order chi connectivity index (χ1) is 9.94. The monoisotopic (exact) mass is 307 g/mol. The fourth-order valence-corrected chi connectivity index (χ4v) is 2.62. The molecule has 0 aliphatic rings. The summed E-state index contributed by atoms with van der Waals surface area (Å²) in [6, 6.07) is 6.90. The Kier molecular flexibility index (Phi) is 4.02. The van der Waals surface area contributed by atoms with Gasteiger partial charge in [-0.15, -0.1) is 0 Å². The van der Waals surface area contributed by atoms with Crippen LogP contribution in [0.15, 0.2) is 39.8 Å². The Balaban J connectivity index is 2.18.